The number of hydrogen-bond acceptors (Lipinski definition) is 8. The molecule has 4 aromatic rings. The lowest BCUT2D eigenvalue weighted by Gasteiger charge is -2.29. The molecule has 9 heteroatoms. The molecule has 1 aliphatic heterocycles. The Kier molecular flexibility index (Phi) is 7.20. The van der Waals surface area contributed by atoms with Gasteiger partial charge in [-0.05, 0) is 62.6 Å². The van der Waals surface area contributed by atoms with Crippen LogP contribution in [0.5, 0.6) is 5.75 Å². The van der Waals surface area contributed by atoms with Gasteiger partial charge in [0.1, 0.15) is 23.7 Å². The molecule has 36 heavy (non-hydrogen) atoms. The number of halogens is 1. The molecule has 2 aromatic heterocycles. The molecule has 8 nitrogen and oxygen atoms in total. The zero-order chi connectivity index (χ0) is 24.9. The molecule has 1 saturated heterocycles. The van der Waals surface area contributed by atoms with Crippen LogP contribution in [0.1, 0.15) is 0 Å². The molecule has 5 rings (SSSR count). The maximum absolute atomic E-state index is 14.9. The Labute approximate surface area is 210 Å². The van der Waals surface area contributed by atoms with Crippen molar-refractivity contribution in [2.45, 2.75) is 0 Å². The third-order valence-corrected chi connectivity index (χ3v) is 6.10. The summed E-state index contributed by atoms with van der Waals surface area (Å²) in [6, 6.07) is 14.8. The number of hydrogen-bond donors (Lipinski definition) is 2. The van der Waals surface area contributed by atoms with Gasteiger partial charge in [0.25, 0.3) is 0 Å². The number of rotatable bonds is 8. The summed E-state index contributed by atoms with van der Waals surface area (Å²) in [6.45, 7) is 5.24. The van der Waals surface area contributed by atoms with E-state index in [2.05, 4.69) is 37.6 Å². The normalized spacial score (nSPS) is 13.8. The molecule has 0 unspecified atom stereocenters. The Balaban J connectivity index is 1.40. The maximum Gasteiger partial charge on any atom is 0.227 e. The van der Waals surface area contributed by atoms with Gasteiger partial charge >= 0.3 is 0 Å². The Morgan fingerprint density at radius 1 is 1.06 bits per heavy atom. The van der Waals surface area contributed by atoms with E-state index in [4.69, 9.17) is 9.72 Å². The average molecular weight is 488 g/mol. The van der Waals surface area contributed by atoms with Crippen LogP contribution in [0, 0.1) is 5.82 Å². The lowest BCUT2D eigenvalue weighted by atomic mass is 10.1. The van der Waals surface area contributed by atoms with Crippen molar-refractivity contribution in [3.05, 3.63) is 66.7 Å². The number of fused-ring (bicyclic) bond motifs is 1. The van der Waals surface area contributed by atoms with Gasteiger partial charge < -0.3 is 25.2 Å². The standard InChI is InChI=1S/C27H30FN7O/c1-34(2)15-16-36-22-7-8-24(28)23(17-22)26-25-19(9-10-30-26)18-31-27(33-25)32-20-3-5-21(6-4-20)35-13-11-29-12-14-35/h3-10,17-18,29H,11-16H2,1-2H3,(H,31,32,33). The van der Waals surface area contributed by atoms with Gasteiger partial charge in [-0.3, -0.25) is 4.98 Å². The highest BCUT2D eigenvalue weighted by Crippen LogP contribution is 2.31. The first-order valence-corrected chi connectivity index (χ1v) is 12.1. The smallest absolute Gasteiger partial charge is 0.227 e. The predicted octanol–water partition coefficient (Wildman–Crippen LogP) is 3.92. The van der Waals surface area contributed by atoms with Crippen LogP contribution in [-0.4, -0.2) is 73.3 Å². The van der Waals surface area contributed by atoms with E-state index < -0.39 is 0 Å². The number of anilines is 3. The first-order valence-electron chi connectivity index (χ1n) is 12.1. The summed E-state index contributed by atoms with van der Waals surface area (Å²) >= 11 is 0. The molecule has 2 N–H and O–H groups in total. The Morgan fingerprint density at radius 3 is 2.64 bits per heavy atom. The summed E-state index contributed by atoms with van der Waals surface area (Å²) in [5, 5.41) is 7.41. The van der Waals surface area contributed by atoms with Gasteiger partial charge in [0.15, 0.2) is 0 Å². The summed E-state index contributed by atoms with van der Waals surface area (Å²) in [6.07, 6.45) is 3.36. The van der Waals surface area contributed by atoms with Gasteiger partial charge in [-0.2, -0.15) is 0 Å². The number of nitrogens with zero attached hydrogens (tertiary/aromatic N) is 5. The second-order valence-electron chi connectivity index (χ2n) is 8.99. The van der Waals surface area contributed by atoms with Crippen LogP contribution in [-0.2, 0) is 0 Å². The third kappa shape index (κ3) is 5.53. The summed E-state index contributed by atoms with van der Waals surface area (Å²) in [7, 11) is 3.96. The molecule has 0 saturated carbocycles. The van der Waals surface area contributed by atoms with E-state index in [0.29, 0.717) is 35.1 Å². The highest BCUT2D eigenvalue weighted by atomic mass is 19.1. The topological polar surface area (TPSA) is 78.4 Å². The number of pyridine rings is 1. The number of piperazine rings is 1. The first kappa shape index (κ1) is 23.9. The molecule has 0 radical (unpaired) electrons. The Hall–Kier alpha value is -3.82. The predicted molar refractivity (Wildman–Crippen MR) is 142 cm³/mol. The molecule has 0 spiro atoms. The number of nitrogens with one attached hydrogen (secondary N) is 2. The monoisotopic (exact) mass is 487 g/mol. The van der Waals surface area contributed by atoms with Gasteiger partial charge in [-0.15, -0.1) is 0 Å². The lowest BCUT2D eigenvalue weighted by molar-refractivity contribution is 0.261. The number of benzene rings is 2. The van der Waals surface area contributed by atoms with Crippen LogP contribution in [0.15, 0.2) is 60.9 Å². The molecule has 0 amide bonds. The molecular weight excluding hydrogens is 457 g/mol. The molecule has 0 atom stereocenters. The van der Waals surface area contributed by atoms with Crippen molar-refractivity contribution in [1.82, 2.24) is 25.2 Å². The number of aromatic nitrogens is 3. The molecular formula is C27H30FN7O. The van der Waals surface area contributed by atoms with Crippen LogP contribution in [0.2, 0.25) is 0 Å². The van der Waals surface area contributed by atoms with Gasteiger partial charge in [-0.25, -0.2) is 14.4 Å². The van der Waals surface area contributed by atoms with Crippen molar-refractivity contribution in [1.29, 1.82) is 0 Å². The minimum Gasteiger partial charge on any atom is -0.492 e. The number of ether oxygens (including phenoxy) is 1. The molecule has 2 aromatic carbocycles. The second kappa shape index (κ2) is 10.8. The zero-order valence-corrected chi connectivity index (χ0v) is 20.5. The van der Waals surface area contributed by atoms with Gasteiger partial charge in [-0.1, -0.05) is 0 Å². The SMILES string of the molecule is CN(C)CCOc1ccc(F)c(-c2nccc3cnc(Nc4ccc(N5CCNCC5)cc4)nc23)c1. The van der Waals surface area contributed by atoms with Gasteiger partial charge in [0.2, 0.25) is 5.95 Å². The van der Waals surface area contributed by atoms with Crippen LogP contribution in [0.4, 0.5) is 21.7 Å². The zero-order valence-electron chi connectivity index (χ0n) is 20.5. The quantitative estimate of drug-likeness (QED) is 0.387. The van der Waals surface area contributed by atoms with E-state index in [1.165, 1.54) is 11.8 Å². The summed E-state index contributed by atoms with van der Waals surface area (Å²) in [4.78, 5) is 18.0. The van der Waals surface area contributed by atoms with Gasteiger partial charge in [0.05, 0.1) is 5.69 Å². The fraction of sp³-hybridized carbons (Fsp3) is 0.296. The molecule has 1 aliphatic rings. The number of likely N-dealkylation sites (N-methyl/N-ethyl adjacent to an activating group) is 1. The van der Waals surface area contributed by atoms with Crippen LogP contribution < -0.4 is 20.3 Å². The fourth-order valence-corrected chi connectivity index (χ4v) is 4.14. The first-order chi connectivity index (χ1) is 17.6. The van der Waals surface area contributed by atoms with Crippen molar-refractivity contribution in [2.75, 3.05) is 63.6 Å². The highest BCUT2D eigenvalue weighted by Gasteiger charge is 2.15. The van der Waals surface area contributed by atoms with E-state index in [1.54, 1.807) is 24.5 Å². The largest absolute Gasteiger partial charge is 0.492 e. The molecule has 3 heterocycles. The van der Waals surface area contributed by atoms with Crippen LogP contribution >= 0.6 is 0 Å². The van der Waals surface area contributed by atoms with Gasteiger partial charge in [0, 0.05) is 67.4 Å². The average Bonchev–Trinajstić information content (AvgIpc) is 2.90. The second-order valence-corrected chi connectivity index (χ2v) is 8.99. The summed E-state index contributed by atoms with van der Waals surface area (Å²) < 4.78 is 20.7. The van der Waals surface area contributed by atoms with Crippen molar-refractivity contribution >= 4 is 28.2 Å². The fourth-order valence-electron chi connectivity index (χ4n) is 4.14. The van der Waals surface area contributed by atoms with Crippen molar-refractivity contribution in [2.24, 2.45) is 0 Å². The molecule has 0 aliphatic carbocycles. The maximum atomic E-state index is 14.9. The minimum absolute atomic E-state index is 0.341. The van der Waals surface area contributed by atoms with Crippen LogP contribution in [0.3, 0.4) is 0 Å². The minimum atomic E-state index is -0.383. The lowest BCUT2D eigenvalue weighted by Crippen LogP contribution is -2.43. The Bertz CT molecular complexity index is 1320. The third-order valence-electron chi connectivity index (χ3n) is 6.10. The molecule has 1 fully saturated rings. The van der Waals surface area contributed by atoms with Crippen molar-refractivity contribution < 1.29 is 9.13 Å². The van der Waals surface area contributed by atoms with E-state index in [9.17, 15) is 4.39 Å². The van der Waals surface area contributed by atoms with Crippen molar-refractivity contribution in [3.63, 3.8) is 0 Å². The van der Waals surface area contributed by atoms with E-state index in [0.717, 1.165) is 43.8 Å². The Morgan fingerprint density at radius 2 is 1.86 bits per heavy atom. The van der Waals surface area contributed by atoms with Crippen molar-refractivity contribution in [3.8, 4) is 17.0 Å². The van der Waals surface area contributed by atoms with E-state index >= 15 is 0 Å². The molecule has 186 valence electrons. The summed E-state index contributed by atoms with van der Waals surface area (Å²) in [5.41, 5.74) is 3.42. The van der Waals surface area contributed by atoms with E-state index in [-0.39, 0.29) is 5.82 Å². The van der Waals surface area contributed by atoms with Crippen LogP contribution in [0.25, 0.3) is 22.2 Å². The highest BCUT2D eigenvalue weighted by molar-refractivity contribution is 5.91. The molecule has 0 bridgehead atoms. The van der Waals surface area contributed by atoms with E-state index in [1.807, 2.05) is 37.2 Å². The summed E-state index contributed by atoms with van der Waals surface area (Å²) in [5.74, 6) is 0.626.